The third-order valence-electron chi connectivity index (χ3n) is 4.39. The van der Waals surface area contributed by atoms with Crippen molar-refractivity contribution in [3.63, 3.8) is 0 Å². The van der Waals surface area contributed by atoms with E-state index in [0.717, 1.165) is 35.9 Å². The highest BCUT2D eigenvalue weighted by molar-refractivity contribution is 6.33. The third-order valence-corrected chi connectivity index (χ3v) is 4.69. The molecule has 1 aliphatic rings. The van der Waals surface area contributed by atoms with Gasteiger partial charge in [-0.2, -0.15) is 0 Å². The fraction of sp³-hybridized carbons (Fsp3) is 0.625. The highest BCUT2D eigenvalue weighted by Gasteiger charge is 2.23. The number of hydrogen-bond acceptors (Lipinski definition) is 3. The highest BCUT2D eigenvalue weighted by atomic mass is 35.5. The van der Waals surface area contributed by atoms with E-state index in [1.54, 1.807) is 6.92 Å². The van der Waals surface area contributed by atoms with Crippen LogP contribution in [0, 0.1) is 0 Å². The van der Waals surface area contributed by atoms with Crippen LogP contribution in [0.4, 0.5) is 5.69 Å². The molecule has 3 nitrogen and oxygen atoms in total. The molecule has 0 spiro atoms. The number of hydrogen-bond donors (Lipinski definition) is 1. The smallest absolute Gasteiger partial charge is 0.0762 e. The number of likely N-dealkylation sites (tertiary alicyclic amines) is 1. The van der Waals surface area contributed by atoms with E-state index in [4.69, 9.17) is 11.6 Å². The molecular formula is C16H25ClN2O. The molecule has 1 heterocycles. The topological polar surface area (TPSA) is 26.7 Å². The molecule has 1 unspecified atom stereocenters. The van der Waals surface area contributed by atoms with Crippen LogP contribution >= 0.6 is 11.6 Å². The minimum atomic E-state index is -0.473. The van der Waals surface area contributed by atoms with E-state index in [0.29, 0.717) is 6.04 Å². The van der Waals surface area contributed by atoms with E-state index in [1.807, 2.05) is 18.2 Å². The largest absolute Gasteiger partial charge is 0.389 e. The number of halogens is 1. The Kier molecular flexibility index (Phi) is 5.30. The molecule has 0 aliphatic carbocycles. The van der Waals surface area contributed by atoms with Crippen molar-refractivity contribution in [1.29, 1.82) is 0 Å². The molecule has 1 N–H and O–H groups in total. The zero-order valence-corrected chi connectivity index (χ0v) is 13.4. The summed E-state index contributed by atoms with van der Waals surface area (Å²) in [6.07, 6.45) is 1.89. The van der Waals surface area contributed by atoms with Crippen molar-refractivity contribution in [1.82, 2.24) is 4.90 Å². The van der Waals surface area contributed by atoms with Crippen molar-refractivity contribution in [2.75, 3.05) is 31.6 Å². The Balaban J connectivity index is 2.07. The van der Waals surface area contributed by atoms with Crippen molar-refractivity contribution in [3.8, 4) is 0 Å². The van der Waals surface area contributed by atoms with Crippen LogP contribution < -0.4 is 4.90 Å². The Labute approximate surface area is 127 Å². The van der Waals surface area contributed by atoms with Gasteiger partial charge in [0.1, 0.15) is 0 Å². The van der Waals surface area contributed by atoms with E-state index < -0.39 is 6.10 Å². The quantitative estimate of drug-likeness (QED) is 0.923. The SMILES string of the molecule is CCN1CCC(N(C)c2ccc(C(C)O)cc2Cl)CC1. The molecule has 20 heavy (non-hydrogen) atoms. The first-order valence-electron chi connectivity index (χ1n) is 7.45. The maximum absolute atomic E-state index is 9.60. The lowest BCUT2D eigenvalue weighted by molar-refractivity contribution is 0.199. The molecule has 0 amide bonds. The first-order valence-corrected chi connectivity index (χ1v) is 7.83. The van der Waals surface area contributed by atoms with Crippen molar-refractivity contribution >= 4 is 17.3 Å². The van der Waals surface area contributed by atoms with Gasteiger partial charge >= 0.3 is 0 Å². The van der Waals surface area contributed by atoms with Gasteiger partial charge in [-0.15, -0.1) is 0 Å². The Morgan fingerprint density at radius 3 is 2.55 bits per heavy atom. The summed E-state index contributed by atoms with van der Waals surface area (Å²) >= 11 is 6.38. The minimum absolute atomic E-state index is 0.473. The summed E-state index contributed by atoms with van der Waals surface area (Å²) in [6, 6.07) is 6.41. The molecule has 1 fully saturated rings. The summed E-state index contributed by atoms with van der Waals surface area (Å²) in [4.78, 5) is 4.78. The Morgan fingerprint density at radius 1 is 1.40 bits per heavy atom. The number of rotatable bonds is 4. The molecule has 0 radical (unpaired) electrons. The number of anilines is 1. The third kappa shape index (κ3) is 3.46. The first kappa shape index (κ1) is 15.6. The average molecular weight is 297 g/mol. The van der Waals surface area contributed by atoms with Crippen molar-refractivity contribution < 1.29 is 5.11 Å². The molecule has 1 aliphatic heterocycles. The summed E-state index contributed by atoms with van der Waals surface area (Å²) in [5.74, 6) is 0. The van der Waals surface area contributed by atoms with Gasteiger partial charge in [-0.05, 0) is 44.0 Å². The zero-order chi connectivity index (χ0) is 14.7. The van der Waals surface area contributed by atoms with Crippen LogP contribution in [0.3, 0.4) is 0 Å². The molecule has 1 aromatic rings. The molecule has 112 valence electrons. The fourth-order valence-corrected chi connectivity index (χ4v) is 3.21. The van der Waals surface area contributed by atoms with Gasteiger partial charge in [0, 0.05) is 26.2 Å². The van der Waals surface area contributed by atoms with Crippen LogP contribution in [0.5, 0.6) is 0 Å². The molecule has 1 saturated heterocycles. The average Bonchev–Trinajstić information content (AvgIpc) is 2.46. The summed E-state index contributed by atoms with van der Waals surface area (Å²) in [7, 11) is 2.12. The first-order chi connectivity index (χ1) is 9.52. The van der Waals surface area contributed by atoms with Crippen LogP contribution in [0.25, 0.3) is 0 Å². The molecule has 1 atom stereocenters. The number of piperidine rings is 1. The predicted octanol–water partition coefficient (Wildman–Crippen LogP) is 3.31. The summed E-state index contributed by atoms with van der Waals surface area (Å²) in [5, 5.41) is 10.3. The second kappa shape index (κ2) is 6.79. The Bertz CT molecular complexity index is 442. The maximum Gasteiger partial charge on any atom is 0.0762 e. The highest BCUT2D eigenvalue weighted by Crippen LogP contribution is 2.31. The number of aliphatic hydroxyl groups excluding tert-OH is 1. The lowest BCUT2D eigenvalue weighted by Crippen LogP contribution is -2.43. The Morgan fingerprint density at radius 2 is 2.05 bits per heavy atom. The van der Waals surface area contributed by atoms with Crippen LogP contribution in [-0.4, -0.2) is 42.7 Å². The lowest BCUT2D eigenvalue weighted by Gasteiger charge is -2.37. The molecule has 2 rings (SSSR count). The van der Waals surface area contributed by atoms with Gasteiger partial charge < -0.3 is 14.9 Å². The van der Waals surface area contributed by atoms with E-state index >= 15 is 0 Å². The van der Waals surface area contributed by atoms with E-state index in [9.17, 15) is 5.11 Å². The van der Waals surface area contributed by atoms with Gasteiger partial charge in [0.15, 0.2) is 0 Å². The van der Waals surface area contributed by atoms with Crippen LogP contribution in [0.2, 0.25) is 5.02 Å². The van der Waals surface area contributed by atoms with Crippen LogP contribution in [0.1, 0.15) is 38.4 Å². The van der Waals surface area contributed by atoms with Crippen molar-refractivity contribution in [3.05, 3.63) is 28.8 Å². The van der Waals surface area contributed by atoms with Gasteiger partial charge in [0.05, 0.1) is 16.8 Å². The minimum Gasteiger partial charge on any atom is -0.389 e. The van der Waals surface area contributed by atoms with Gasteiger partial charge in [-0.3, -0.25) is 0 Å². The van der Waals surface area contributed by atoms with E-state index in [-0.39, 0.29) is 0 Å². The molecule has 4 heteroatoms. The van der Waals surface area contributed by atoms with Gasteiger partial charge in [-0.25, -0.2) is 0 Å². The van der Waals surface area contributed by atoms with E-state index in [1.165, 1.54) is 12.8 Å². The van der Waals surface area contributed by atoms with Crippen molar-refractivity contribution in [2.45, 2.75) is 38.8 Å². The molecule has 0 aromatic heterocycles. The van der Waals surface area contributed by atoms with Gasteiger partial charge in [-0.1, -0.05) is 24.6 Å². The molecular weight excluding hydrogens is 272 g/mol. The second-order valence-corrected chi connectivity index (χ2v) is 6.07. The fourth-order valence-electron chi connectivity index (χ4n) is 2.89. The normalized spacial score (nSPS) is 19.1. The predicted molar refractivity (Wildman–Crippen MR) is 85.6 cm³/mol. The molecule has 1 aromatic carbocycles. The summed E-state index contributed by atoms with van der Waals surface area (Å²) in [5.41, 5.74) is 1.93. The maximum atomic E-state index is 9.60. The number of benzene rings is 1. The summed E-state index contributed by atoms with van der Waals surface area (Å²) < 4.78 is 0. The molecule has 0 saturated carbocycles. The van der Waals surface area contributed by atoms with Gasteiger partial charge in [0.2, 0.25) is 0 Å². The standard InChI is InChI=1S/C16H25ClN2O/c1-4-19-9-7-14(8-10-19)18(3)16-6-5-13(12(2)20)11-15(16)17/h5-6,11-12,14,20H,4,7-10H2,1-3H3. The van der Waals surface area contributed by atoms with Crippen molar-refractivity contribution in [2.24, 2.45) is 0 Å². The van der Waals surface area contributed by atoms with Crippen LogP contribution in [-0.2, 0) is 0 Å². The lowest BCUT2D eigenvalue weighted by atomic mass is 10.0. The van der Waals surface area contributed by atoms with Gasteiger partial charge in [0.25, 0.3) is 0 Å². The Hall–Kier alpha value is -0.770. The summed E-state index contributed by atoms with van der Waals surface area (Å²) in [6.45, 7) is 7.44. The molecule has 0 bridgehead atoms. The van der Waals surface area contributed by atoms with E-state index in [2.05, 4.69) is 23.8 Å². The van der Waals surface area contributed by atoms with Crippen LogP contribution in [0.15, 0.2) is 18.2 Å². The number of aliphatic hydroxyl groups is 1. The second-order valence-electron chi connectivity index (χ2n) is 5.66. The monoisotopic (exact) mass is 296 g/mol. The number of nitrogens with zero attached hydrogens (tertiary/aromatic N) is 2. The zero-order valence-electron chi connectivity index (χ0n) is 12.6.